The number of fused-ring (bicyclic) bond motifs is 1. The highest BCUT2D eigenvalue weighted by Gasteiger charge is 2.51. The Bertz CT molecular complexity index is 444. The van der Waals surface area contributed by atoms with E-state index in [0.717, 1.165) is 25.9 Å². The predicted molar refractivity (Wildman–Crippen MR) is 98.7 cm³/mol. The van der Waals surface area contributed by atoms with Gasteiger partial charge in [0, 0.05) is 32.0 Å². The summed E-state index contributed by atoms with van der Waals surface area (Å²) in [6.45, 7) is 12.9. The molecule has 5 nitrogen and oxygen atoms in total. The molecule has 25 heavy (non-hydrogen) atoms. The molecule has 1 aliphatic carbocycles. The first-order valence-corrected chi connectivity index (χ1v) is 12.8. The Hall–Kier alpha value is 0.0169. The highest BCUT2D eigenvalue weighted by Crippen LogP contribution is 2.46. The van der Waals surface area contributed by atoms with Crippen LogP contribution in [-0.2, 0) is 18.6 Å². The van der Waals surface area contributed by atoms with Crippen molar-refractivity contribution in [3.63, 3.8) is 0 Å². The molecule has 2 saturated heterocycles. The van der Waals surface area contributed by atoms with Crippen LogP contribution in [0.4, 0.5) is 0 Å². The van der Waals surface area contributed by atoms with Crippen LogP contribution in [0.15, 0.2) is 0 Å². The van der Waals surface area contributed by atoms with E-state index in [0.29, 0.717) is 18.9 Å². The quantitative estimate of drug-likeness (QED) is 0.746. The van der Waals surface area contributed by atoms with Crippen molar-refractivity contribution < 1.29 is 23.7 Å². The average Bonchev–Trinajstić information content (AvgIpc) is 3.01. The van der Waals surface area contributed by atoms with Crippen LogP contribution < -0.4 is 0 Å². The number of aliphatic hydroxyl groups excluding tert-OH is 1. The zero-order chi connectivity index (χ0) is 18.2. The van der Waals surface area contributed by atoms with E-state index in [2.05, 4.69) is 33.9 Å². The van der Waals surface area contributed by atoms with Gasteiger partial charge in [-0.1, -0.05) is 20.8 Å². The number of hydrogen-bond acceptors (Lipinski definition) is 5. The zero-order valence-electron chi connectivity index (χ0n) is 16.5. The summed E-state index contributed by atoms with van der Waals surface area (Å²) in [5, 5.41) is 10.1. The zero-order valence-corrected chi connectivity index (χ0v) is 17.5. The maximum Gasteiger partial charge on any atom is 0.191 e. The summed E-state index contributed by atoms with van der Waals surface area (Å²) in [7, 11) is -1.81. The fourth-order valence-electron chi connectivity index (χ4n) is 4.03. The van der Waals surface area contributed by atoms with Gasteiger partial charge in [-0.3, -0.25) is 0 Å². The van der Waals surface area contributed by atoms with Gasteiger partial charge < -0.3 is 23.7 Å². The molecule has 2 unspecified atom stereocenters. The normalized spacial score (nSPS) is 39.6. The predicted octanol–water partition coefficient (Wildman–Crippen LogP) is 3.66. The van der Waals surface area contributed by atoms with E-state index >= 15 is 0 Å². The number of aliphatic hydroxyl groups is 1. The average molecular weight is 373 g/mol. The summed E-state index contributed by atoms with van der Waals surface area (Å²) in [4.78, 5) is 0. The van der Waals surface area contributed by atoms with Crippen LogP contribution in [0.2, 0.25) is 18.1 Å². The van der Waals surface area contributed by atoms with Gasteiger partial charge in [0.05, 0.1) is 12.2 Å². The maximum absolute atomic E-state index is 9.90. The molecular formula is C19H36O5Si. The summed E-state index contributed by atoms with van der Waals surface area (Å²) in [5.41, 5.74) is 0. The summed E-state index contributed by atoms with van der Waals surface area (Å²) in [6, 6.07) is 0. The number of hydrogen-bond donors (Lipinski definition) is 1. The van der Waals surface area contributed by atoms with E-state index < -0.39 is 14.6 Å². The van der Waals surface area contributed by atoms with E-state index in [1.807, 2.05) is 0 Å². The molecule has 0 radical (unpaired) electrons. The lowest BCUT2D eigenvalue weighted by Gasteiger charge is -2.38. The first kappa shape index (κ1) is 19.8. The van der Waals surface area contributed by atoms with E-state index in [-0.39, 0.29) is 29.5 Å². The van der Waals surface area contributed by atoms with Crippen LogP contribution in [0.25, 0.3) is 0 Å². The van der Waals surface area contributed by atoms with Gasteiger partial charge in [-0.25, -0.2) is 0 Å². The first-order chi connectivity index (χ1) is 11.7. The third-order valence-electron chi connectivity index (χ3n) is 6.68. The molecule has 2 heterocycles. The van der Waals surface area contributed by atoms with Gasteiger partial charge in [0.15, 0.2) is 20.9 Å². The molecule has 0 aromatic rings. The molecule has 0 bridgehead atoms. The second kappa shape index (κ2) is 7.56. The molecule has 0 aromatic heterocycles. The topological polar surface area (TPSA) is 57.2 Å². The fourth-order valence-corrected chi connectivity index (χ4v) is 5.07. The lowest BCUT2D eigenvalue weighted by atomic mass is 9.93. The van der Waals surface area contributed by atoms with Gasteiger partial charge >= 0.3 is 0 Å². The Kier molecular flexibility index (Phi) is 5.98. The Morgan fingerprint density at radius 1 is 1.16 bits per heavy atom. The SMILES string of the molecule is CC(C)(C)[Si](C)(C)OC[C@H]1[C@H]2CC(O)O[C@H]2C[C@H]1OC1CCCCO1. The Labute approximate surface area is 153 Å². The van der Waals surface area contributed by atoms with Crippen LogP contribution in [0.5, 0.6) is 0 Å². The standard InChI is InChI=1S/C19H36O5Si/c1-19(2,3)25(4,5)22-12-14-13-10-17(20)23-15(13)11-16(14)24-18-8-6-7-9-21-18/h13-18,20H,6-12H2,1-5H3/t13-,14+,15+,16-,17?,18?/m1/s1. The van der Waals surface area contributed by atoms with E-state index in [1.54, 1.807) is 0 Å². The lowest BCUT2D eigenvalue weighted by Crippen LogP contribution is -2.44. The fraction of sp³-hybridized carbons (Fsp3) is 1.00. The van der Waals surface area contributed by atoms with Gasteiger partial charge in [0.2, 0.25) is 0 Å². The van der Waals surface area contributed by atoms with Crippen molar-refractivity contribution in [2.45, 2.75) is 95.8 Å². The second-order valence-electron chi connectivity index (χ2n) is 9.47. The van der Waals surface area contributed by atoms with Crippen LogP contribution in [0.1, 0.15) is 52.9 Å². The van der Waals surface area contributed by atoms with Gasteiger partial charge in [-0.05, 0) is 43.3 Å². The molecule has 0 amide bonds. The van der Waals surface area contributed by atoms with E-state index in [1.165, 1.54) is 6.42 Å². The van der Waals surface area contributed by atoms with Crippen molar-refractivity contribution in [1.82, 2.24) is 0 Å². The van der Waals surface area contributed by atoms with Crippen molar-refractivity contribution in [2.24, 2.45) is 11.8 Å². The monoisotopic (exact) mass is 372 g/mol. The molecule has 6 heteroatoms. The van der Waals surface area contributed by atoms with Gasteiger partial charge in [0.1, 0.15) is 0 Å². The molecule has 0 aromatic carbocycles. The number of rotatable bonds is 5. The summed E-state index contributed by atoms with van der Waals surface area (Å²) >= 11 is 0. The van der Waals surface area contributed by atoms with Crippen LogP contribution in [-0.4, -0.2) is 51.4 Å². The minimum Gasteiger partial charge on any atom is -0.416 e. The molecule has 3 rings (SSSR count). The summed E-state index contributed by atoms with van der Waals surface area (Å²) < 4.78 is 24.4. The summed E-state index contributed by atoms with van der Waals surface area (Å²) in [6.07, 6.45) is 4.30. The van der Waals surface area contributed by atoms with Gasteiger partial charge in [0.25, 0.3) is 0 Å². The van der Waals surface area contributed by atoms with Crippen molar-refractivity contribution in [3.05, 3.63) is 0 Å². The molecular weight excluding hydrogens is 336 g/mol. The maximum atomic E-state index is 9.90. The van der Waals surface area contributed by atoms with Crippen molar-refractivity contribution in [1.29, 1.82) is 0 Å². The Morgan fingerprint density at radius 3 is 2.56 bits per heavy atom. The van der Waals surface area contributed by atoms with Crippen molar-refractivity contribution >= 4 is 8.32 Å². The largest absolute Gasteiger partial charge is 0.416 e. The van der Waals surface area contributed by atoms with Crippen LogP contribution in [0, 0.1) is 11.8 Å². The second-order valence-corrected chi connectivity index (χ2v) is 14.3. The third kappa shape index (κ3) is 4.47. The molecule has 3 aliphatic rings. The van der Waals surface area contributed by atoms with Crippen LogP contribution in [0.3, 0.4) is 0 Å². The minimum absolute atomic E-state index is 0.0853. The highest BCUT2D eigenvalue weighted by molar-refractivity contribution is 6.74. The molecule has 2 aliphatic heterocycles. The lowest BCUT2D eigenvalue weighted by molar-refractivity contribution is -0.201. The molecule has 6 atom stereocenters. The van der Waals surface area contributed by atoms with Crippen LogP contribution >= 0.6 is 0 Å². The Balaban J connectivity index is 1.65. The van der Waals surface area contributed by atoms with Crippen molar-refractivity contribution in [3.8, 4) is 0 Å². The van der Waals surface area contributed by atoms with Gasteiger partial charge in [-0.15, -0.1) is 0 Å². The first-order valence-electron chi connectivity index (χ1n) is 9.92. The van der Waals surface area contributed by atoms with E-state index in [4.69, 9.17) is 18.6 Å². The summed E-state index contributed by atoms with van der Waals surface area (Å²) in [5.74, 6) is 0.607. The molecule has 3 fully saturated rings. The third-order valence-corrected chi connectivity index (χ3v) is 11.2. The molecule has 146 valence electrons. The smallest absolute Gasteiger partial charge is 0.191 e. The van der Waals surface area contributed by atoms with E-state index in [9.17, 15) is 5.11 Å². The van der Waals surface area contributed by atoms with Gasteiger partial charge in [-0.2, -0.15) is 0 Å². The molecule has 1 saturated carbocycles. The van der Waals surface area contributed by atoms with Crippen molar-refractivity contribution in [2.75, 3.05) is 13.2 Å². The minimum atomic E-state index is -1.81. The number of ether oxygens (including phenoxy) is 3. The molecule has 1 N–H and O–H groups in total. The molecule has 0 spiro atoms. The highest BCUT2D eigenvalue weighted by atomic mass is 28.4. The Morgan fingerprint density at radius 2 is 1.92 bits per heavy atom.